The molecule has 0 unspecified atom stereocenters. The number of halogens is 1. The third-order valence-electron chi connectivity index (χ3n) is 6.97. The lowest BCUT2D eigenvalue weighted by Crippen LogP contribution is -2.27. The minimum absolute atomic E-state index is 0.179. The highest BCUT2D eigenvalue weighted by Crippen LogP contribution is 2.45. The van der Waals surface area contributed by atoms with Crippen LogP contribution in [-0.2, 0) is 22.4 Å². The summed E-state index contributed by atoms with van der Waals surface area (Å²) in [6, 6.07) is 12.4. The molecule has 1 amide bonds. The lowest BCUT2D eigenvalue weighted by molar-refractivity contribution is -0.145. The number of amides is 1. The summed E-state index contributed by atoms with van der Waals surface area (Å²) in [7, 11) is 1.53. The highest BCUT2D eigenvalue weighted by atomic mass is 35.5. The van der Waals surface area contributed by atoms with Gasteiger partial charge in [0.25, 0.3) is 5.91 Å². The molecule has 1 aliphatic carbocycles. The van der Waals surface area contributed by atoms with Crippen molar-refractivity contribution in [2.75, 3.05) is 25.6 Å². The number of nitrogens with one attached hydrogen (secondary N) is 1. The van der Waals surface area contributed by atoms with Crippen LogP contribution >= 0.6 is 22.9 Å². The van der Waals surface area contributed by atoms with Crippen LogP contribution in [0.4, 0.5) is 10.7 Å². The summed E-state index contributed by atoms with van der Waals surface area (Å²) in [5, 5.41) is 4.30. The number of nitrogens with zero attached hydrogens (tertiary/aromatic N) is 1. The summed E-state index contributed by atoms with van der Waals surface area (Å²) in [6.07, 6.45) is 4.52. The molecule has 0 aliphatic heterocycles. The topological polar surface area (TPSA) is 86.2 Å². The van der Waals surface area contributed by atoms with Crippen LogP contribution in [0.15, 0.2) is 47.5 Å². The second-order valence-corrected chi connectivity index (χ2v) is 12.2. The van der Waals surface area contributed by atoms with Crippen LogP contribution in [-0.4, -0.2) is 38.4 Å². The van der Waals surface area contributed by atoms with Crippen molar-refractivity contribution < 1.29 is 23.8 Å². The highest BCUT2D eigenvalue weighted by molar-refractivity contribution is 7.16. The predicted octanol–water partition coefficient (Wildman–Crippen LogP) is 7.51. The molecule has 0 fully saturated rings. The van der Waals surface area contributed by atoms with Gasteiger partial charge in [0.1, 0.15) is 5.00 Å². The summed E-state index contributed by atoms with van der Waals surface area (Å²) < 4.78 is 15.9. The Morgan fingerprint density at radius 2 is 1.90 bits per heavy atom. The first-order chi connectivity index (χ1) is 19.1. The lowest BCUT2D eigenvalue weighted by atomic mass is 9.72. The van der Waals surface area contributed by atoms with E-state index >= 15 is 0 Å². The number of hydrogen-bond donors (Lipinski definition) is 1. The average Bonchev–Trinajstić information content (AvgIpc) is 3.29. The third kappa shape index (κ3) is 7.23. The van der Waals surface area contributed by atoms with Gasteiger partial charge in [-0.2, -0.15) is 0 Å². The maximum Gasteiger partial charge on any atom is 0.344 e. The number of ether oxygens (including phenoxy) is 3. The van der Waals surface area contributed by atoms with E-state index < -0.39 is 5.97 Å². The molecular weight excluding hydrogens is 548 g/mol. The van der Waals surface area contributed by atoms with Crippen molar-refractivity contribution in [3.05, 3.63) is 69.1 Å². The smallest absolute Gasteiger partial charge is 0.344 e. The molecule has 1 aromatic heterocycles. The van der Waals surface area contributed by atoms with Crippen LogP contribution in [0.1, 0.15) is 60.5 Å². The molecule has 0 saturated carbocycles. The second kappa shape index (κ2) is 12.9. The molecule has 0 radical (unpaired) electrons. The van der Waals surface area contributed by atoms with E-state index in [2.05, 4.69) is 26.1 Å². The van der Waals surface area contributed by atoms with Gasteiger partial charge in [-0.15, -0.1) is 11.3 Å². The molecule has 9 heteroatoms. The zero-order valence-corrected chi connectivity index (χ0v) is 25.1. The number of carbonyl (C=O) groups excluding carboxylic acids is 2. The van der Waals surface area contributed by atoms with Crippen LogP contribution in [0.5, 0.6) is 11.5 Å². The van der Waals surface area contributed by atoms with Crippen LogP contribution < -0.4 is 14.8 Å². The molecule has 0 bridgehead atoms. The number of hydrogen-bond acceptors (Lipinski definition) is 7. The SMILES string of the molecule is CCOC(=O)COc1ccc(C=Nc2sc3c(c2C(=O)Nc2ccc(Cl)cc2)CC[C@@H](C(C)(C)C)C3)cc1OC. The molecule has 1 aliphatic rings. The Bertz CT molecular complexity index is 1390. The fourth-order valence-electron chi connectivity index (χ4n) is 4.72. The maximum absolute atomic E-state index is 13.6. The molecule has 2 aromatic carbocycles. The number of rotatable bonds is 9. The number of aliphatic imine (C=N–C) groups is 1. The molecule has 7 nitrogen and oxygen atoms in total. The van der Waals surface area contributed by atoms with Crippen LogP contribution in [0.25, 0.3) is 0 Å². The van der Waals surface area contributed by atoms with E-state index in [1.54, 1.807) is 60.9 Å². The van der Waals surface area contributed by atoms with Gasteiger partial charge in [0.15, 0.2) is 18.1 Å². The Balaban J connectivity index is 1.62. The fourth-order valence-corrected chi connectivity index (χ4v) is 6.11. The van der Waals surface area contributed by atoms with E-state index in [1.807, 2.05) is 6.07 Å². The first-order valence-corrected chi connectivity index (χ1v) is 14.5. The van der Waals surface area contributed by atoms with Crippen molar-refractivity contribution in [3.63, 3.8) is 0 Å². The zero-order chi connectivity index (χ0) is 28.9. The second-order valence-electron chi connectivity index (χ2n) is 10.7. The normalized spacial score (nSPS) is 15.0. The largest absolute Gasteiger partial charge is 0.493 e. The maximum atomic E-state index is 13.6. The van der Waals surface area contributed by atoms with E-state index in [-0.39, 0.29) is 24.5 Å². The van der Waals surface area contributed by atoms with Crippen molar-refractivity contribution in [1.29, 1.82) is 0 Å². The molecule has 1 N–H and O–H groups in total. The van der Waals surface area contributed by atoms with Gasteiger partial charge in [0, 0.05) is 21.8 Å². The fraction of sp³-hybridized carbons (Fsp3) is 0.387. The average molecular weight is 583 g/mol. The van der Waals surface area contributed by atoms with E-state index in [0.29, 0.717) is 38.7 Å². The van der Waals surface area contributed by atoms with Crippen molar-refractivity contribution >= 4 is 51.7 Å². The van der Waals surface area contributed by atoms with Crippen molar-refractivity contribution in [2.45, 2.75) is 47.0 Å². The first kappa shape index (κ1) is 29.6. The number of esters is 1. The number of anilines is 1. The molecule has 1 atom stereocenters. The van der Waals surface area contributed by atoms with E-state index in [1.165, 1.54) is 12.0 Å². The highest BCUT2D eigenvalue weighted by Gasteiger charge is 2.33. The molecule has 0 spiro atoms. The third-order valence-corrected chi connectivity index (χ3v) is 8.38. The van der Waals surface area contributed by atoms with E-state index in [0.717, 1.165) is 30.4 Å². The summed E-state index contributed by atoms with van der Waals surface area (Å²) in [6.45, 7) is 8.65. The number of fused-ring (bicyclic) bond motifs is 1. The Kier molecular flexibility index (Phi) is 9.53. The first-order valence-electron chi connectivity index (χ1n) is 13.3. The summed E-state index contributed by atoms with van der Waals surface area (Å²) in [5.41, 5.74) is 3.34. The molecule has 212 valence electrons. The van der Waals surface area contributed by atoms with Gasteiger partial charge in [-0.3, -0.25) is 4.79 Å². The molecular formula is C31H35ClN2O5S. The van der Waals surface area contributed by atoms with Gasteiger partial charge in [0.2, 0.25) is 0 Å². The quantitative estimate of drug-likeness (QED) is 0.208. The van der Waals surface area contributed by atoms with Crippen molar-refractivity contribution in [3.8, 4) is 11.5 Å². The van der Waals surface area contributed by atoms with Crippen LogP contribution in [0.2, 0.25) is 5.02 Å². The molecule has 3 aromatic rings. The summed E-state index contributed by atoms with van der Waals surface area (Å²) >= 11 is 7.61. The van der Waals surface area contributed by atoms with Gasteiger partial charge in [-0.05, 0) is 91.1 Å². The van der Waals surface area contributed by atoms with E-state index in [9.17, 15) is 9.59 Å². The predicted molar refractivity (Wildman–Crippen MR) is 161 cm³/mol. The lowest BCUT2D eigenvalue weighted by Gasteiger charge is -2.33. The Morgan fingerprint density at radius 1 is 1.15 bits per heavy atom. The molecule has 0 saturated heterocycles. The van der Waals surface area contributed by atoms with E-state index in [4.69, 9.17) is 30.8 Å². The van der Waals surface area contributed by atoms with Gasteiger partial charge < -0.3 is 19.5 Å². The number of benzene rings is 2. The van der Waals surface area contributed by atoms with Crippen LogP contribution in [0.3, 0.4) is 0 Å². The van der Waals surface area contributed by atoms with Gasteiger partial charge in [-0.1, -0.05) is 32.4 Å². The van der Waals surface area contributed by atoms with Crippen molar-refractivity contribution in [2.24, 2.45) is 16.3 Å². The number of thiophene rings is 1. The zero-order valence-electron chi connectivity index (χ0n) is 23.5. The Labute approximate surface area is 244 Å². The Hall–Kier alpha value is -3.36. The minimum atomic E-state index is -0.449. The molecule has 1 heterocycles. The molecule has 40 heavy (non-hydrogen) atoms. The van der Waals surface area contributed by atoms with Crippen molar-refractivity contribution in [1.82, 2.24) is 0 Å². The van der Waals surface area contributed by atoms with Gasteiger partial charge in [0.05, 0.1) is 19.3 Å². The minimum Gasteiger partial charge on any atom is -0.493 e. The monoisotopic (exact) mass is 582 g/mol. The molecule has 4 rings (SSSR count). The Morgan fingerprint density at radius 3 is 2.58 bits per heavy atom. The summed E-state index contributed by atoms with van der Waals surface area (Å²) in [4.78, 5) is 31.3. The standard InChI is InChI=1S/C31H35ClN2O5S/c1-6-38-27(35)18-39-24-14-7-19(15-25(24)37-5)17-33-30-28(29(36)34-22-11-9-21(32)10-12-22)23-13-8-20(31(2,3)4)16-26(23)40-30/h7,9-12,14-15,17,20H,6,8,13,16,18H2,1-5H3,(H,34,36)/t20-/m1/s1. The van der Waals surface area contributed by atoms with Crippen LogP contribution in [0, 0.1) is 11.3 Å². The summed E-state index contributed by atoms with van der Waals surface area (Å²) in [5.74, 6) is 0.800. The van der Waals surface area contributed by atoms with Gasteiger partial charge >= 0.3 is 5.97 Å². The number of methoxy groups -OCH3 is 1. The number of carbonyl (C=O) groups is 2. The van der Waals surface area contributed by atoms with Gasteiger partial charge in [-0.25, -0.2) is 9.79 Å².